The maximum absolute atomic E-state index is 14.0. The van der Waals surface area contributed by atoms with Gasteiger partial charge in [0.05, 0.1) is 18.8 Å². The third-order valence-corrected chi connectivity index (χ3v) is 7.50. The summed E-state index contributed by atoms with van der Waals surface area (Å²) in [6.45, 7) is 2.98. The Hall–Kier alpha value is -3.75. The molecule has 196 valence electrons. The Balaban J connectivity index is 1.37. The quantitative estimate of drug-likeness (QED) is 0.539. The van der Waals surface area contributed by atoms with Gasteiger partial charge in [-0.2, -0.15) is 0 Å². The van der Waals surface area contributed by atoms with Crippen LogP contribution in [0.2, 0.25) is 5.02 Å². The minimum Gasteiger partial charge on any atom is -0.353 e. The van der Waals surface area contributed by atoms with Gasteiger partial charge in [-0.05, 0) is 55.0 Å². The highest BCUT2D eigenvalue weighted by atomic mass is 35.5. The standard InChI is InChI=1S/C29H29ClN4O4/c1-20-6-2-3-8-24(20)28(37)34-25(26(35)32-18-23-7-4-5-15-31-23)19-38-29(34)13-16-33(17-14-29)27(36)21-9-11-22(30)12-10-21/h2-12,15,25H,13-14,16-19H2,1H3,(H,32,35)/t25-/m0/s1. The van der Waals surface area contributed by atoms with Gasteiger partial charge >= 0.3 is 0 Å². The maximum Gasteiger partial charge on any atom is 0.257 e. The van der Waals surface area contributed by atoms with Crippen molar-refractivity contribution >= 4 is 29.3 Å². The molecule has 1 aromatic heterocycles. The topological polar surface area (TPSA) is 91.8 Å². The first kappa shape index (κ1) is 25.9. The molecule has 1 spiro atoms. The Morgan fingerprint density at radius 2 is 1.71 bits per heavy atom. The first-order valence-electron chi connectivity index (χ1n) is 12.6. The van der Waals surface area contributed by atoms with Crippen molar-refractivity contribution in [1.82, 2.24) is 20.1 Å². The first-order chi connectivity index (χ1) is 18.4. The summed E-state index contributed by atoms with van der Waals surface area (Å²) in [7, 11) is 0. The number of halogens is 1. The number of carbonyl (C=O) groups excluding carboxylic acids is 3. The Bertz CT molecular complexity index is 1320. The molecule has 3 heterocycles. The van der Waals surface area contributed by atoms with Crippen molar-refractivity contribution in [3.63, 3.8) is 0 Å². The van der Waals surface area contributed by atoms with E-state index < -0.39 is 11.8 Å². The largest absolute Gasteiger partial charge is 0.353 e. The summed E-state index contributed by atoms with van der Waals surface area (Å²) in [4.78, 5) is 48.0. The van der Waals surface area contributed by atoms with E-state index in [2.05, 4.69) is 10.3 Å². The summed E-state index contributed by atoms with van der Waals surface area (Å²) in [6, 6.07) is 18.8. The number of aryl methyl sites for hydroxylation is 1. The highest BCUT2D eigenvalue weighted by Gasteiger charge is 2.54. The van der Waals surface area contributed by atoms with Crippen LogP contribution in [0.1, 0.15) is 44.8 Å². The van der Waals surface area contributed by atoms with Crippen molar-refractivity contribution in [2.75, 3.05) is 19.7 Å². The smallest absolute Gasteiger partial charge is 0.257 e. The van der Waals surface area contributed by atoms with Crippen molar-refractivity contribution in [3.8, 4) is 0 Å². The number of nitrogens with zero attached hydrogens (tertiary/aromatic N) is 3. The van der Waals surface area contributed by atoms with Crippen LogP contribution in [0.15, 0.2) is 72.9 Å². The number of rotatable bonds is 5. The number of amides is 3. The van der Waals surface area contributed by atoms with Crippen LogP contribution in [0.25, 0.3) is 0 Å². The summed E-state index contributed by atoms with van der Waals surface area (Å²) in [5.74, 6) is -0.652. The third-order valence-electron chi connectivity index (χ3n) is 7.25. The number of likely N-dealkylation sites (tertiary alicyclic amines) is 1. The number of carbonyl (C=O) groups is 3. The zero-order valence-corrected chi connectivity index (χ0v) is 21.9. The molecule has 1 N–H and O–H groups in total. The Morgan fingerprint density at radius 3 is 2.39 bits per heavy atom. The lowest BCUT2D eigenvalue weighted by Crippen LogP contribution is -2.59. The second kappa shape index (κ2) is 10.9. The number of piperidine rings is 1. The summed E-state index contributed by atoms with van der Waals surface area (Å²) in [6.07, 6.45) is 2.46. The molecule has 2 fully saturated rings. The van der Waals surface area contributed by atoms with E-state index in [0.717, 1.165) is 11.3 Å². The number of hydrogen-bond donors (Lipinski definition) is 1. The van der Waals surface area contributed by atoms with E-state index in [1.807, 2.05) is 43.3 Å². The number of aromatic nitrogens is 1. The van der Waals surface area contributed by atoms with Crippen molar-refractivity contribution < 1.29 is 19.1 Å². The second-order valence-electron chi connectivity index (χ2n) is 9.60. The lowest BCUT2D eigenvalue weighted by atomic mass is 9.95. The Labute approximate surface area is 226 Å². The number of nitrogens with one attached hydrogen (secondary N) is 1. The minimum absolute atomic E-state index is 0.0802. The van der Waals surface area contributed by atoms with Gasteiger partial charge in [0.2, 0.25) is 5.91 Å². The molecule has 2 aromatic carbocycles. The van der Waals surface area contributed by atoms with Gasteiger partial charge in [0.1, 0.15) is 11.8 Å². The molecule has 5 rings (SSSR count). The van der Waals surface area contributed by atoms with Gasteiger partial charge in [-0.3, -0.25) is 24.3 Å². The lowest BCUT2D eigenvalue weighted by Gasteiger charge is -2.44. The molecule has 2 aliphatic rings. The highest BCUT2D eigenvalue weighted by Crippen LogP contribution is 2.39. The van der Waals surface area contributed by atoms with Crippen LogP contribution in [0, 0.1) is 6.92 Å². The van der Waals surface area contributed by atoms with Gasteiger partial charge in [0.15, 0.2) is 0 Å². The molecule has 3 amide bonds. The molecule has 3 aromatic rings. The number of benzene rings is 2. The van der Waals surface area contributed by atoms with Crippen LogP contribution in [-0.2, 0) is 16.1 Å². The van der Waals surface area contributed by atoms with Crippen LogP contribution >= 0.6 is 11.6 Å². The summed E-state index contributed by atoms with van der Waals surface area (Å²) >= 11 is 5.97. The van der Waals surface area contributed by atoms with Gasteiger partial charge < -0.3 is 15.0 Å². The summed E-state index contributed by atoms with van der Waals surface area (Å²) in [5.41, 5.74) is 1.64. The molecule has 0 saturated carbocycles. The molecule has 9 heteroatoms. The van der Waals surface area contributed by atoms with Gasteiger partial charge in [-0.25, -0.2) is 0 Å². The van der Waals surface area contributed by atoms with Crippen molar-refractivity contribution in [2.45, 2.75) is 38.1 Å². The Morgan fingerprint density at radius 1 is 1.00 bits per heavy atom. The average Bonchev–Trinajstić information content (AvgIpc) is 3.31. The normalized spacial score (nSPS) is 18.4. The summed E-state index contributed by atoms with van der Waals surface area (Å²) in [5, 5.41) is 3.48. The van der Waals surface area contributed by atoms with Crippen LogP contribution < -0.4 is 5.32 Å². The van der Waals surface area contributed by atoms with Crippen molar-refractivity contribution in [3.05, 3.63) is 100 Å². The fourth-order valence-corrected chi connectivity index (χ4v) is 5.27. The predicted octanol–water partition coefficient (Wildman–Crippen LogP) is 3.83. The van der Waals surface area contributed by atoms with E-state index in [1.54, 1.807) is 46.3 Å². The first-order valence-corrected chi connectivity index (χ1v) is 13.0. The monoisotopic (exact) mass is 532 g/mol. The van der Waals surface area contributed by atoms with E-state index in [9.17, 15) is 14.4 Å². The molecular formula is C29H29ClN4O4. The van der Waals surface area contributed by atoms with Crippen LogP contribution in [-0.4, -0.2) is 64.0 Å². The van der Waals surface area contributed by atoms with Gasteiger partial charge in [0.25, 0.3) is 11.8 Å². The van der Waals surface area contributed by atoms with Gasteiger partial charge in [-0.1, -0.05) is 35.9 Å². The zero-order valence-electron chi connectivity index (χ0n) is 21.1. The number of hydrogen-bond acceptors (Lipinski definition) is 5. The van der Waals surface area contributed by atoms with E-state index in [-0.39, 0.29) is 30.9 Å². The molecule has 2 aliphatic heterocycles. The molecule has 0 aliphatic carbocycles. The van der Waals surface area contributed by atoms with Gasteiger partial charge in [-0.15, -0.1) is 0 Å². The molecular weight excluding hydrogens is 504 g/mol. The van der Waals surface area contributed by atoms with Crippen LogP contribution in [0.3, 0.4) is 0 Å². The average molecular weight is 533 g/mol. The van der Waals surface area contributed by atoms with Crippen LogP contribution in [0.5, 0.6) is 0 Å². The second-order valence-corrected chi connectivity index (χ2v) is 10.0. The lowest BCUT2D eigenvalue weighted by molar-refractivity contribution is -0.128. The molecule has 1 atom stereocenters. The molecule has 0 unspecified atom stereocenters. The van der Waals surface area contributed by atoms with Gasteiger partial charge in [0, 0.05) is 48.3 Å². The van der Waals surface area contributed by atoms with E-state index in [0.29, 0.717) is 42.1 Å². The van der Waals surface area contributed by atoms with Crippen molar-refractivity contribution in [2.24, 2.45) is 0 Å². The van der Waals surface area contributed by atoms with E-state index in [4.69, 9.17) is 16.3 Å². The molecule has 8 nitrogen and oxygen atoms in total. The SMILES string of the molecule is Cc1ccccc1C(=O)N1[C@H](C(=O)NCc2ccccn2)COC12CCN(C(=O)c1ccc(Cl)cc1)CC2. The van der Waals surface area contributed by atoms with Crippen LogP contribution in [0.4, 0.5) is 0 Å². The predicted molar refractivity (Wildman–Crippen MR) is 142 cm³/mol. The molecule has 0 radical (unpaired) electrons. The third kappa shape index (κ3) is 5.14. The highest BCUT2D eigenvalue weighted by molar-refractivity contribution is 6.30. The minimum atomic E-state index is -0.983. The molecule has 0 bridgehead atoms. The fourth-order valence-electron chi connectivity index (χ4n) is 5.14. The van der Waals surface area contributed by atoms with Crippen molar-refractivity contribution in [1.29, 1.82) is 0 Å². The summed E-state index contributed by atoms with van der Waals surface area (Å²) < 4.78 is 6.29. The maximum atomic E-state index is 14.0. The zero-order chi connectivity index (χ0) is 26.7. The fraction of sp³-hybridized carbons (Fsp3) is 0.310. The van der Waals surface area contributed by atoms with E-state index >= 15 is 0 Å². The van der Waals surface area contributed by atoms with E-state index in [1.165, 1.54) is 0 Å². The Kier molecular flexibility index (Phi) is 7.44. The molecule has 38 heavy (non-hydrogen) atoms. The number of ether oxygens (including phenoxy) is 1. The number of pyridine rings is 1. The molecule has 2 saturated heterocycles.